The van der Waals surface area contributed by atoms with Gasteiger partial charge in [0.15, 0.2) is 5.13 Å². The van der Waals surface area contributed by atoms with E-state index in [0.29, 0.717) is 24.3 Å². The van der Waals surface area contributed by atoms with Gasteiger partial charge in [0.2, 0.25) is 11.9 Å². The van der Waals surface area contributed by atoms with E-state index < -0.39 is 0 Å². The van der Waals surface area contributed by atoms with Gasteiger partial charge >= 0.3 is 0 Å². The minimum Gasteiger partial charge on any atom is -0.395 e. The first-order valence-corrected chi connectivity index (χ1v) is 9.46. The zero-order valence-corrected chi connectivity index (χ0v) is 15.4. The average Bonchev–Trinajstić information content (AvgIpc) is 3.04. The number of piperazine rings is 1. The van der Waals surface area contributed by atoms with Crippen molar-refractivity contribution in [3.63, 3.8) is 0 Å². The summed E-state index contributed by atoms with van der Waals surface area (Å²) in [6.45, 7) is 6.25. The van der Waals surface area contributed by atoms with E-state index in [2.05, 4.69) is 35.1 Å². The van der Waals surface area contributed by atoms with Gasteiger partial charge in [-0.25, -0.2) is 4.98 Å². The molecule has 8 nitrogen and oxygen atoms in total. The number of benzene rings is 1. The summed E-state index contributed by atoms with van der Waals surface area (Å²) >= 11 is 1.58. The fourth-order valence-electron chi connectivity index (χ4n) is 3.00. The highest BCUT2D eigenvalue weighted by atomic mass is 32.1. The van der Waals surface area contributed by atoms with Gasteiger partial charge in [-0.3, -0.25) is 10.2 Å². The maximum Gasteiger partial charge on any atom is 0.234 e. The van der Waals surface area contributed by atoms with Crippen LogP contribution in [0, 0.1) is 6.92 Å². The minimum atomic E-state index is 0.196. The van der Waals surface area contributed by atoms with Crippen molar-refractivity contribution in [1.82, 2.24) is 24.8 Å². The number of para-hydroxylation sites is 1. The Kier molecular flexibility index (Phi) is 4.91. The average molecular weight is 371 g/mol. The Morgan fingerprint density at radius 3 is 2.65 bits per heavy atom. The van der Waals surface area contributed by atoms with Crippen LogP contribution in [-0.4, -0.2) is 69.3 Å². The van der Waals surface area contributed by atoms with E-state index in [4.69, 9.17) is 5.11 Å². The zero-order valence-electron chi connectivity index (χ0n) is 14.6. The molecule has 2 N–H and O–H groups in total. The van der Waals surface area contributed by atoms with Gasteiger partial charge in [-0.05, 0) is 19.1 Å². The molecule has 2 aromatic heterocycles. The first-order valence-electron chi connectivity index (χ1n) is 8.65. The van der Waals surface area contributed by atoms with E-state index >= 15 is 0 Å². The second-order valence-corrected chi connectivity index (χ2v) is 7.20. The molecular weight excluding hydrogens is 350 g/mol. The number of hydrogen-bond donors (Lipinski definition) is 2. The summed E-state index contributed by atoms with van der Waals surface area (Å²) in [5.41, 5.74) is 0.964. The third-order valence-corrected chi connectivity index (χ3v) is 5.27. The monoisotopic (exact) mass is 371 g/mol. The Labute approximate surface area is 155 Å². The summed E-state index contributed by atoms with van der Waals surface area (Å²) < 4.78 is 1.13. The molecule has 1 aliphatic rings. The molecule has 9 heteroatoms. The SMILES string of the molecule is Cc1nc(Nc2nc3ccccc3s2)nc(N2CCN(CCO)CC2)n1. The lowest BCUT2D eigenvalue weighted by Crippen LogP contribution is -2.47. The molecule has 0 aliphatic carbocycles. The zero-order chi connectivity index (χ0) is 17.9. The van der Waals surface area contributed by atoms with E-state index in [-0.39, 0.29) is 6.61 Å². The summed E-state index contributed by atoms with van der Waals surface area (Å²) in [7, 11) is 0. The van der Waals surface area contributed by atoms with Crippen molar-refractivity contribution in [3.05, 3.63) is 30.1 Å². The Bertz CT molecular complexity index is 859. The van der Waals surface area contributed by atoms with Gasteiger partial charge in [0.1, 0.15) is 5.82 Å². The van der Waals surface area contributed by atoms with E-state index in [1.807, 2.05) is 31.2 Å². The number of thiazole rings is 1. The highest BCUT2D eigenvalue weighted by molar-refractivity contribution is 7.22. The number of aliphatic hydroxyl groups is 1. The van der Waals surface area contributed by atoms with E-state index in [1.165, 1.54) is 0 Å². The normalized spacial score (nSPS) is 15.5. The summed E-state index contributed by atoms with van der Waals surface area (Å²) in [5, 5.41) is 13.1. The molecule has 0 atom stereocenters. The van der Waals surface area contributed by atoms with Crippen LogP contribution in [0.3, 0.4) is 0 Å². The fourth-order valence-corrected chi connectivity index (χ4v) is 3.86. The van der Waals surface area contributed by atoms with Gasteiger partial charge in [0, 0.05) is 32.7 Å². The fraction of sp³-hybridized carbons (Fsp3) is 0.412. The van der Waals surface area contributed by atoms with Crippen molar-refractivity contribution < 1.29 is 5.11 Å². The van der Waals surface area contributed by atoms with Crippen LogP contribution in [0.5, 0.6) is 0 Å². The number of nitrogens with zero attached hydrogens (tertiary/aromatic N) is 6. The number of rotatable bonds is 5. The van der Waals surface area contributed by atoms with Gasteiger partial charge in [-0.15, -0.1) is 0 Å². The number of β-amino-alcohol motifs (C(OH)–C–C–N with tert-alkyl or cyclic N) is 1. The molecule has 0 bridgehead atoms. The minimum absolute atomic E-state index is 0.196. The summed E-state index contributed by atoms with van der Waals surface area (Å²) in [4.78, 5) is 22.5. The van der Waals surface area contributed by atoms with Crippen LogP contribution in [0.4, 0.5) is 17.0 Å². The molecule has 0 amide bonds. The molecule has 1 aromatic carbocycles. The molecule has 0 radical (unpaired) electrons. The molecule has 26 heavy (non-hydrogen) atoms. The first kappa shape index (κ1) is 17.1. The topological polar surface area (TPSA) is 90.3 Å². The number of aromatic nitrogens is 4. The van der Waals surface area contributed by atoms with Crippen molar-refractivity contribution >= 4 is 38.6 Å². The number of nitrogens with one attached hydrogen (secondary N) is 1. The van der Waals surface area contributed by atoms with Crippen molar-refractivity contribution in [2.24, 2.45) is 0 Å². The molecule has 1 saturated heterocycles. The maximum atomic E-state index is 9.07. The molecule has 0 unspecified atom stereocenters. The van der Waals surface area contributed by atoms with Crippen LogP contribution in [0.15, 0.2) is 24.3 Å². The molecule has 3 aromatic rings. The second kappa shape index (κ2) is 7.48. The number of hydrogen-bond acceptors (Lipinski definition) is 9. The molecule has 0 saturated carbocycles. The molecule has 3 heterocycles. The summed E-state index contributed by atoms with van der Waals surface area (Å²) in [5.74, 6) is 1.88. The Morgan fingerprint density at radius 2 is 1.88 bits per heavy atom. The second-order valence-electron chi connectivity index (χ2n) is 6.17. The lowest BCUT2D eigenvalue weighted by atomic mass is 10.3. The van der Waals surface area contributed by atoms with Crippen molar-refractivity contribution in [3.8, 4) is 0 Å². The molecule has 1 fully saturated rings. The number of anilines is 3. The Hall–Kier alpha value is -2.36. The number of aliphatic hydroxyl groups excluding tert-OH is 1. The summed E-state index contributed by atoms with van der Waals surface area (Å²) in [6.07, 6.45) is 0. The van der Waals surface area contributed by atoms with Gasteiger partial charge in [-0.1, -0.05) is 23.5 Å². The smallest absolute Gasteiger partial charge is 0.234 e. The lowest BCUT2D eigenvalue weighted by Gasteiger charge is -2.34. The number of fused-ring (bicyclic) bond motifs is 1. The molecule has 0 spiro atoms. The molecule has 1 aliphatic heterocycles. The van der Waals surface area contributed by atoms with Crippen LogP contribution >= 0.6 is 11.3 Å². The van der Waals surface area contributed by atoms with Gasteiger partial charge in [-0.2, -0.15) is 15.0 Å². The van der Waals surface area contributed by atoms with Crippen LogP contribution in [0.1, 0.15) is 5.82 Å². The maximum absolute atomic E-state index is 9.07. The van der Waals surface area contributed by atoms with Crippen molar-refractivity contribution in [1.29, 1.82) is 0 Å². The molecular formula is C17H21N7OS. The molecule has 4 rings (SSSR count). The third-order valence-electron chi connectivity index (χ3n) is 4.32. The summed E-state index contributed by atoms with van der Waals surface area (Å²) in [6, 6.07) is 8.03. The van der Waals surface area contributed by atoms with Gasteiger partial charge in [0.25, 0.3) is 0 Å². The third kappa shape index (κ3) is 3.74. The molecule has 136 valence electrons. The van der Waals surface area contributed by atoms with Crippen LogP contribution in [0.2, 0.25) is 0 Å². The highest BCUT2D eigenvalue weighted by Crippen LogP contribution is 2.27. The number of aryl methyl sites for hydroxylation is 1. The first-order chi connectivity index (χ1) is 12.7. The standard InChI is InChI=1S/C17H21N7OS/c1-12-18-15(22-17-20-13-4-2-3-5-14(13)26-17)21-16(19-12)24-8-6-23(7-9-24)10-11-25/h2-5,25H,6-11H2,1H3,(H,18,19,20,21,22). The van der Waals surface area contributed by atoms with E-state index in [1.54, 1.807) is 11.3 Å². The van der Waals surface area contributed by atoms with E-state index in [9.17, 15) is 0 Å². The lowest BCUT2D eigenvalue weighted by molar-refractivity contribution is 0.188. The van der Waals surface area contributed by atoms with Crippen LogP contribution in [0.25, 0.3) is 10.2 Å². The van der Waals surface area contributed by atoms with Crippen LogP contribution in [-0.2, 0) is 0 Å². The van der Waals surface area contributed by atoms with Gasteiger partial charge in [0.05, 0.1) is 16.8 Å². The predicted molar refractivity (Wildman–Crippen MR) is 103 cm³/mol. The quantitative estimate of drug-likeness (QED) is 0.700. The largest absolute Gasteiger partial charge is 0.395 e. The van der Waals surface area contributed by atoms with Crippen molar-refractivity contribution in [2.75, 3.05) is 49.5 Å². The van der Waals surface area contributed by atoms with Gasteiger partial charge < -0.3 is 10.0 Å². The van der Waals surface area contributed by atoms with Crippen molar-refractivity contribution in [2.45, 2.75) is 6.92 Å². The van der Waals surface area contributed by atoms with E-state index in [0.717, 1.165) is 41.5 Å². The highest BCUT2D eigenvalue weighted by Gasteiger charge is 2.20. The Morgan fingerprint density at radius 1 is 1.08 bits per heavy atom. The predicted octanol–water partition coefficient (Wildman–Crippen LogP) is 1.65. The Balaban J connectivity index is 1.51. The van der Waals surface area contributed by atoms with Crippen LogP contribution < -0.4 is 10.2 Å².